The van der Waals surface area contributed by atoms with Gasteiger partial charge in [-0.3, -0.25) is 14.5 Å². The molecule has 1 aromatic carbocycles. The van der Waals surface area contributed by atoms with E-state index in [1.165, 1.54) is 5.56 Å². The van der Waals surface area contributed by atoms with Crippen LogP contribution in [-0.2, 0) is 20.9 Å². The summed E-state index contributed by atoms with van der Waals surface area (Å²) in [7, 11) is 0. The maximum Gasteiger partial charge on any atom is 0.307 e. The van der Waals surface area contributed by atoms with E-state index in [4.69, 9.17) is 4.74 Å². The summed E-state index contributed by atoms with van der Waals surface area (Å²) in [6.07, 6.45) is 0.276. The molecule has 150 valence electrons. The Bertz CT molecular complexity index is 608. The third-order valence-electron chi connectivity index (χ3n) is 5.04. The molecule has 1 aromatic rings. The Morgan fingerprint density at radius 2 is 1.89 bits per heavy atom. The summed E-state index contributed by atoms with van der Waals surface area (Å²) in [4.78, 5) is 28.6. The first-order valence-electron chi connectivity index (χ1n) is 9.87. The van der Waals surface area contributed by atoms with Gasteiger partial charge in [-0.05, 0) is 33.3 Å². The zero-order chi connectivity index (χ0) is 19.8. The van der Waals surface area contributed by atoms with Crippen LogP contribution in [0, 0.1) is 0 Å². The predicted molar refractivity (Wildman–Crippen MR) is 106 cm³/mol. The first-order valence-corrected chi connectivity index (χ1v) is 9.87. The van der Waals surface area contributed by atoms with Crippen molar-refractivity contribution < 1.29 is 14.3 Å². The molecule has 0 saturated carbocycles. The molecule has 0 aliphatic carbocycles. The zero-order valence-corrected chi connectivity index (χ0v) is 17.0. The molecular weight excluding hydrogens is 342 g/mol. The lowest BCUT2D eigenvalue weighted by Gasteiger charge is -2.44. The van der Waals surface area contributed by atoms with Crippen molar-refractivity contribution in [2.45, 2.75) is 58.8 Å². The zero-order valence-electron chi connectivity index (χ0n) is 17.0. The van der Waals surface area contributed by atoms with Gasteiger partial charge in [-0.15, -0.1) is 0 Å². The summed E-state index contributed by atoms with van der Waals surface area (Å²) >= 11 is 0. The Morgan fingerprint density at radius 1 is 1.19 bits per heavy atom. The van der Waals surface area contributed by atoms with E-state index in [0.717, 1.165) is 19.6 Å². The van der Waals surface area contributed by atoms with Crippen molar-refractivity contribution in [2.75, 3.05) is 26.2 Å². The Morgan fingerprint density at radius 3 is 2.56 bits per heavy atom. The largest absolute Gasteiger partial charge is 0.466 e. The molecule has 27 heavy (non-hydrogen) atoms. The summed E-state index contributed by atoms with van der Waals surface area (Å²) in [5, 5.41) is 3.15. The molecule has 1 N–H and O–H groups in total. The molecule has 3 atom stereocenters. The van der Waals surface area contributed by atoms with E-state index in [9.17, 15) is 9.59 Å². The molecule has 0 aromatic heterocycles. The van der Waals surface area contributed by atoms with E-state index >= 15 is 0 Å². The van der Waals surface area contributed by atoms with Gasteiger partial charge in [0.2, 0.25) is 5.91 Å². The molecule has 6 heteroatoms. The van der Waals surface area contributed by atoms with Crippen LogP contribution in [0.1, 0.15) is 39.7 Å². The molecule has 1 heterocycles. The van der Waals surface area contributed by atoms with Crippen LogP contribution in [0.15, 0.2) is 30.3 Å². The Hall–Kier alpha value is -1.92. The third kappa shape index (κ3) is 6.63. The van der Waals surface area contributed by atoms with E-state index in [-0.39, 0.29) is 36.9 Å². The second-order valence-corrected chi connectivity index (χ2v) is 7.45. The number of nitrogens with one attached hydrogen (secondary N) is 1. The van der Waals surface area contributed by atoms with Crippen molar-refractivity contribution in [3.05, 3.63) is 35.9 Å². The first kappa shape index (κ1) is 21.4. The predicted octanol–water partition coefficient (Wildman–Crippen LogP) is 2.04. The molecule has 1 fully saturated rings. The average Bonchev–Trinajstić information content (AvgIpc) is 2.63. The molecule has 0 radical (unpaired) electrons. The van der Waals surface area contributed by atoms with E-state index in [2.05, 4.69) is 48.3 Å². The Kier molecular flexibility index (Phi) is 8.25. The Balaban J connectivity index is 1.81. The van der Waals surface area contributed by atoms with Crippen LogP contribution in [0.5, 0.6) is 0 Å². The van der Waals surface area contributed by atoms with Gasteiger partial charge in [-0.2, -0.15) is 0 Å². The van der Waals surface area contributed by atoms with Crippen LogP contribution < -0.4 is 5.32 Å². The minimum atomic E-state index is -0.235. The van der Waals surface area contributed by atoms with Gasteiger partial charge in [0.1, 0.15) is 0 Å². The van der Waals surface area contributed by atoms with Gasteiger partial charge in [-0.25, -0.2) is 0 Å². The van der Waals surface area contributed by atoms with Gasteiger partial charge in [0.25, 0.3) is 0 Å². The fraction of sp³-hybridized carbons (Fsp3) is 0.619. The Labute approximate surface area is 162 Å². The van der Waals surface area contributed by atoms with Crippen molar-refractivity contribution in [1.82, 2.24) is 15.1 Å². The summed E-state index contributed by atoms with van der Waals surface area (Å²) in [6.45, 7) is 11.1. The van der Waals surface area contributed by atoms with Gasteiger partial charge in [0.05, 0.1) is 19.6 Å². The highest BCUT2D eigenvalue weighted by Crippen LogP contribution is 2.18. The molecule has 0 bridgehead atoms. The fourth-order valence-electron chi connectivity index (χ4n) is 3.49. The van der Waals surface area contributed by atoms with Gasteiger partial charge in [0.15, 0.2) is 0 Å². The van der Waals surface area contributed by atoms with Gasteiger partial charge in [0, 0.05) is 37.8 Å². The molecule has 1 amide bonds. The number of carbonyl (C=O) groups is 2. The number of hydrogen-bond acceptors (Lipinski definition) is 5. The molecule has 0 spiro atoms. The summed E-state index contributed by atoms with van der Waals surface area (Å²) in [6, 6.07) is 10.8. The molecule has 6 nitrogen and oxygen atoms in total. The maximum atomic E-state index is 12.7. The number of carbonyl (C=O) groups excluding carboxylic acids is 2. The number of rotatable bonds is 8. The number of esters is 1. The normalized spacial score (nSPS) is 21.7. The lowest BCUT2D eigenvalue weighted by atomic mass is 10.1. The van der Waals surface area contributed by atoms with E-state index in [1.54, 1.807) is 6.92 Å². The second kappa shape index (κ2) is 10.4. The van der Waals surface area contributed by atoms with Gasteiger partial charge < -0.3 is 15.0 Å². The molecule has 1 saturated heterocycles. The highest BCUT2D eigenvalue weighted by atomic mass is 16.5. The quantitative estimate of drug-likeness (QED) is 0.705. The molecule has 3 unspecified atom stereocenters. The van der Waals surface area contributed by atoms with Crippen LogP contribution in [0.2, 0.25) is 0 Å². The number of ether oxygens (including phenoxy) is 1. The van der Waals surface area contributed by atoms with Crippen LogP contribution in [0.4, 0.5) is 0 Å². The highest BCUT2D eigenvalue weighted by molar-refractivity contribution is 5.79. The van der Waals surface area contributed by atoms with E-state index in [0.29, 0.717) is 12.6 Å². The summed E-state index contributed by atoms with van der Waals surface area (Å²) in [5.41, 5.74) is 1.30. The fourth-order valence-corrected chi connectivity index (χ4v) is 3.49. The molecule has 2 rings (SSSR count). The number of amides is 1. The van der Waals surface area contributed by atoms with Crippen LogP contribution in [-0.4, -0.2) is 66.0 Å². The van der Waals surface area contributed by atoms with Crippen LogP contribution in [0.3, 0.4) is 0 Å². The van der Waals surface area contributed by atoms with E-state index < -0.39 is 0 Å². The molecule has 1 aliphatic rings. The average molecular weight is 376 g/mol. The second-order valence-electron chi connectivity index (χ2n) is 7.45. The lowest BCUT2D eigenvalue weighted by Crippen LogP contribution is -2.59. The standard InChI is InChI=1S/C21H33N3O3/c1-5-27-21(26)11-16(2)22-12-20(25)24-14-17(3)23(13-18(24)4)15-19-9-7-6-8-10-19/h6-10,16-18,22H,5,11-15H2,1-4H3. The van der Waals surface area contributed by atoms with Crippen molar-refractivity contribution in [3.8, 4) is 0 Å². The first-order chi connectivity index (χ1) is 12.9. The van der Waals surface area contributed by atoms with Crippen molar-refractivity contribution in [1.29, 1.82) is 0 Å². The van der Waals surface area contributed by atoms with E-state index in [1.807, 2.05) is 17.9 Å². The minimum Gasteiger partial charge on any atom is -0.466 e. The van der Waals surface area contributed by atoms with Crippen molar-refractivity contribution in [3.63, 3.8) is 0 Å². The number of benzene rings is 1. The van der Waals surface area contributed by atoms with Crippen LogP contribution >= 0.6 is 0 Å². The maximum absolute atomic E-state index is 12.7. The number of piperazine rings is 1. The minimum absolute atomic E-state index is 0.0832. The van der Waals surface area contributed by atoms with Gasteiger partial charge >= 0.3 is 5.97 Å². The van der Waals surface area contributed by atoms with Crippen LogP contribution in [0.25, 0.3) is 0 Å². The molecular formula is C21H33N3O3. The number of nitrogens with zero attached hydrogens (tertiary/aromatic N) is 2. The summed E-state index contributed by atoms with van der Waals surface area (Å²) in [5.74, 6) is -0.147. The molecule has 1 aliphatic heterocycles. The number of hydrogen-bond donors (Lipinski definition) is 1. The topological polar surface area (TPSA) is 61.9 Å². The smallest absolute Gasteiger partial charge is 0.307 e. The lowest BCUT2D eigenvalue weighted by molar-refractivity contribution is -0.144. The summed E-state index contributed by atoms with van der Waals surface area (Å²) < 4.78 is 4.95. The van der Waals surface area contributed by atoms with Crippen molar-refractivity contribution >= 4 is 11.9 Å². The highest BCUT2D eigenvalue weighted by Gasteiger charge is 2.31. The monoisotopic (exact) mass is 375 g/mol. The van der Waals surface area contributed by atoms with Crippen molar-refractivity contribution in [2.24, 2.45) is 0 Å². The SMILES string of the molecule is CCOC(=O)CC(C)NCC(=O)N1CC(C)N(Cc2ccccc2)CC1C. The third-order valence-corrected chi connectivity index (χ3v) is 5.04. The van der Waals surface area contributed by atoms with Gasteiger partial charge in [-0.1, -0.05) is 30.3 Å².